The van der Waals surface area contributed by atoms with E-state index in [0.29, 0.717) is 6.42 Å². The highest BCUT2D eigenvalue weighted by Gasteiger charge is 2.06. The van der Waals surface area contributed by atoms with Crippen molar-refractivity contribution in [2.75, 3.05) is 5.32 Å². The molecule has 0 saturated heterocycles. The summed E-state index contributed by atoms with van der Waals surface area (Å²) in [6.07, 6.45) is 4.20. The molecule has 0 aliphatic rings. The molecule has 0 fully saturated rings. The van der Waals surface area contributed by atoms with E-state index in [0.717, 1.165) is 35.5 Å². The number of H-pyrrole nitrogens is 1. The molecule has 1 aromatic carbocycles. The number of rotatable bonds is 5. The number of anilines is 1. The van der Waals surface area contributed by atoms with Gasteiger partial charge in [0.15, 0.2) is 0 Å². The number of nitrogens with zero attached hydrogens (tertiary/aromatic N) is 1. The maximum absolute atomic E-state index is 11.7. The normalized spacial score (nSPS) is 10.4. The van der Waals surface area contributed by atoms with Crippen LogP contribution in [0.1, 0.15) is 31.9 Å². The van der Waals surface area contributed by atoms with E-state index in [1.54, 1.807) is 6.33 Å². The van der Waals surface area contributed by atoms with Crippen LogP contribution >= 0.6 is 0 Å². The lowest BCUT2D eigenvalue weighted by Gasteiger charge is -2.06. The standard InChI is InChI=1S/C15H19N3O/c1-3-4-8-14(19)18-13-7-5-6-12(9-13)15-11(2)16-10-17-15/h5-7,9-10H,3-4,8H2,1-2H3,(H,16,17)(H,18,19). The monoisotopic (exact) mass is 257 g/mol. The van der Waals surface area contributed by atoms with E-state index in [2.05, 4.69) is 22.2 Å². The number of unbranched alkanes of at least 4 members (excludes halogenated alkanes) is 1. The molecule has 1 heterocycles. The van der Waals surface area contributed by atoms with Gasteiger partial charge in [-0.05, 0) is 25.5 Å². The number of hydrogen-bond donors (Lipinski definition) is 2. The smallest absolute Gasteiger partial charge is 0.224 e. The predicted octanol–water partition coefficient (Wildman–Crippen LogP) is 3.51. The molecule has 0 atom stereocenters. The SMILES string of the molecule is CCCCC(=O)Nc1cccc(-c2nc[nH]c2C)c1. The molecular formula is C15H19N3O. The minimum absolute atomic E-state index is 0.0674. The van der Waals surface area contributed by atoms with Crippen LogP contribution in [0.5, 0.6) is 0 Å². The number of hydrogen-bond acceptors (Lipinski definition) is 2. The summed E-state index contributed by atoms with van der Waals surface area (Å²) in [5, 5.41) is 2.92. The van der Waals surface area contributed by atoms with E-state index in [1.165, 1.54) is 0 Å². The van der Waals surface area contributed by atoms with Gasteiger partial charge in [0, 0.05) is 23.4 Å². The Labute approximate surface area is 113 Å². The Balaban J connectivity index is 2.12. The molecule has 19 heavy (non-hydrogen) atoms. The highest BCUT2D eigenvalue weighted by atomic mass is 16.1. The van der Waals surface area contributed by atoms with Crippen LogP contribution in [0.4, 0.5) is 5.69 Å². The summed E-state index contributed by atoms with van der Waals surface area (Å²) in [4.78, 5) is 19.0. The van der Waals surface area contributed by atoms with Crippen molar-refractivity contribution in [3.05, 3.63) is 36.3 Å². The predicted molar refractivity (Wildman–Crippen MR) is 76.9 cm³/mol. The summed E-state index contributed by atoms with van der Waals surface area (Å²) in [6, 6.07) is 7.77. The fourth-order valence-electron chi connectivity index (χ4n) is 1.95. The Bertz CT molecular complexity index is 560. The molecule has 2 rings (SSSR count). The molecule has 0 saturated carbocycles. The summed E-state index contributed by atoms with van der Waals surface area (Å²) in [7, 11) is 0. The van der Waals surface area contributed by atoms with Crippen molar-refractivity contribution in [3.63, 3.8) is 0 Å². The summed E-state index contributed by atoms with van der Waals surface area (Å²) in [5.41, 5.74) is 3.77. The first-order valence-electron chi connectivity index (χ1n) is 6.61. The molecule has 0 spiro atoms. The third-order valence-electron chi connectivity index (χ3n) is 3.01. The summed E-state index contributed by atoms with van der Waals surface area (Å²) in [5.74, 6) is 0.0674. The highest BCUT2D eigenvalue weighted by Crippen LogP contribution is 2.23. The van der Waals surface area contributed by atoms with Gasteiger partial charge < -0.3 is 10.3 Å². The first-order valence-corrected chi connectivity index (χ1v) is 6.61. The highest BCUT2D eigenvalue weighted by molar-refractivity contribution is 5.91. The Hall–Kier alpha value is -2.10. The van der Waals surface area contributed by atoms with Gasteiger partial charge in [0.25, 0.3) is 0 Å². The number of imidazole rings is 1. The molecule has 4 heteroatoms. The van der Waals surface area contributed by atoms with Crippen molar-refractivity contribution < 1.29 is 4.79 Å². The molecule has 4 nitrogen and oxygen atoms in total. The van der Waals surface area contributed by atoms with Crippen LogP contribution in [0.25, 0.3) is 11.3 Å². The molecule has 0 bridgehead atoms. The number of aromatic nitrogens is 2. The molecule has 0 unspecified atom stereocenters. The number of carbonyl (C=O) groups excluding carboxylic acids is 1. The van der Waals surface area contributed by atoms with Gasteiger partial charge >= 0.3 is 0 Å². The number of aromatic amines is 1. The number of carbonyl (C=O) groups is 1. The topological polar surface area (TPSA) is 57.8 Å². The average molecular weight is 257 g/mol. The third-order valence-corrected chi connectivity index (χ3v) is 3.01. The second kappa shape index (κ2) is 6.18. The van der Waals surface area contributed by atoms with Crippen molar-refractivity contribution in [2.24, 2.45) is 0 Å². The first-order chi connectivity index (χ1) is 9.20. The number of aryl methyl sites for hydroxylation is 1. The number of nitrogens with one attached hydrogen (secondary N) is 2. The van der Waals surface area contributed by atoms with Gasteiger partial charge in [0.05, 0.1) is 12.0 Å². The minimum Gasteiger partial charge on any atom is -0.348 e. The van der Waals surface area contributed by atoms with Crippen LogP contribution < -0.4 is 5.32 Å². The van der Waals surface area contributed by atoms with Gasteiger partial charge in [-0.1, -0.05) is 25.5 Å². The van der Waals surface area contributed by atoms with Gasteiger partial charge in [-0.25, -0.2) is 4.98 Å². The van der Waals surface area contributed by atoms with E-state index in [-0.39, 0.29) is 5.91 Å². The lowest BCUT2D eigenvalue weighted by molar-refractivity contribution is -0.116. The van der Waals surface area contributed by atoms with Crippen LogP contribution in [-0.2, 0) is 4.79 Å². The maximum atomic E-state index is 11.7. The molecule has 2 aromatic rings. The van der Waals surface area contributed by atoms with E-state index in [1.807, 2.05) is 31.2 Å². The first kappa shape index (κ1) is 13.3. The van der Waals surface area contributed by atoms with Crippen molar-refractivity contribution in [3.8, 4) is 11.3 Å². The van der Waals surface area contributed by atoms with Crippen LogP contribution in [0.15, 0.2) is 30.6 Å². The van der Waals surface area contributed by atoms with Crippen LogP contribution in [0, 0.1) is 6.92 Å². The van der Waals surface area contributed by atoms with Crippen LogP contribution in [0.3, 0.4) is 0 Å². The van der Waals surface area contributed by atoms with Crippen molar-refractivity contribution in [1.82, 2.24) is 9.97 Å². The van der Waals surface area contributed by atoms with Gasteiger partial charge in [-0.15, -0.1) is 0 Å². The molecule has 0 aliphatic heterocycles. The molecule has 100 valence electrons. The van der Waals surface area contributed by atoms with E-state index in [9.17, 15) is 4.79 Å². The molecule has 1 amide bonds. The lowest BCUT2D eigenvalue weighted by Crippen LogP contribution is -2.10. The zero-order valence-electron chi connectivity index (χ0n) is 11.4. The maximum Gasteiger partial charge on any atom is 0.224 e. The van der Waals surface area contributed by atoms with Gasteiger partial charge in [-0.2, -0.15) is 0 Å². The molecule has 0 radical (unpaired) electrons. The molecule has 1 aromatic heterocycles. The second-order valence-electron chi connectivity index (χ2n) is 4.61. The number of amides is 1. The second-order valence-corrected chi connectivity index (χ2v) is 4.61. The zero-order valence-corrected chi connectivity index (χ0v) is 11.4. The van der Waals surface area contributed by atoms with E-state index < -0.39 is 0 Å². The van der Waals surface area contributed by atoms with Gasteiger partial charge in [0.2, 0.25) is 5.91 Å². The van der Waals surface area contributed by atoms with E-state index in [4.69, 9.17) is 0 Å². The van der Waals surface area contributed by atoms with Crippen molar-refractivity contribution >= 4 is 11.6 Å². The molecular weight excluding hydrogens is 238 g/mol. The van der Waals surface area contributed by atoms with E-state index >= 15 is 0 Å². The fourth-order valence-corrected chi connectivity index (χ4v) is 1.95. The Kier molecular flexibility index (Phi) is 4.34. The minimum atomic E-state index is 0.0674. The summed E-state index contributed by atoms with van der Waals surface area (Å²) in [6.45, 7) is 4.06. The Morgan fingerprint density at radius 3 is 2.95 bits per heavy atom. The largest absolute Gasteiger partial charge is 0.348 e. The van der Waals surface area contributed by atoms with Crippen molar-refractivity contribution in [2.45, 2.75) is 33.1 Å². The van der Waals surface area contributed by atoms with Crippen LogP contribution in [0.2, 0.25) is 0 Å². The summed E-state index contributed by atoms with van der Waals surface area (Å²) >= 11 is 0. The fraction of sp³-hybridized carbons (Fsp3) is 0.333. The lowest BCUT2D eigenvalue weighted by atomic mass is 10.1. The molecule has 2 N–H and O–H groups in total. The Morgan fingerprint density at radius 2 is 2.26 bits per heavy atom. The Morgan fingerprint density at radius 1 is 1.42 bits per heavy atom. The quantitative estimate of drug-likeness (QED) is 0.861. The van der Waals surface area contributed by atoms with Crippen LogP contribution in [-0.4, -0.2) is 15.9 Å². The van der Waals surface area contributed by atoms with Crippen molar-refractivity contribution in [1.29, 1.82) is 0 Å². The summed E-state index contributed by atoms with van der Waals surface area (Å²) < 4.78 is 0. The third kappa shape index (κ3) is 3.44. The van der Waals surface area contributed by atoms with Gasteiger partial charge in [-0.3, -0.25) is 4.79 Å². The van der Waals surface area contributed by atoms with Gasteiger partial charge in [0.1, 0.15) is 0 Å². The molecule has 0 aliphatic carbocycles. The average Bonchev–Trinajstić information content (AvgIpc) is 2.83. The number of benzene rings is 1. The zero-order chi connectivity index (χ0) is 13.7.